The zero-order valence-corrected chi connectivity index (χ0v) is 11.7. The zero-order chi connectivity index (χ0) is 12.3. The van der Waals surface area contributed by atoms with Crippen LogP contribution in [0.15, 0.2) is 10.7 Å². The third-order valence-electron chi connectivity index (χ3n) is 3.47. The minimum atomic E-state index is -0.411. The van der Waals surface area contributed by atoms with Gasteiger partial charge in [0.2, 0.25) is 0 Å². The summed E-state index contributed by atoms with van der Waals surface area (Å²) in [7, 11) is 1.67. The van der Waals surface area contributed by atoms with E-state index in [1.807, 2.05) is 4.68 Å². The van der Waals surface area contributed by atoms with E-state index in [0.29, 0.717) is 19.1 Å². The molecule has 1 aliphatic rings. The minimum Gasteiger partial charge on any atom is -0.386 e. The molecule has 5 heteroatoms. The summed E-state index contributed by atoms with van der Waals surface area (Å²) in [6.45, 7) is 1.29. The highest BCUT2D eigenvalue weighted by Crippen LogP contribution is 2.37. The van der Waals surface area contributed by atoms with Crippen LogP contribution in [0.5, 0.6) is 0 Å². The number of hydrogen-bond donors (Lipinski definition) is 1. The summed E-state index contributed by atoms with van der Waals surface area (Å²) in [6, 6.07) is 0. The van der Waals surface area contributed by atoms with Crippen LogP contribution in [-0.2, 0) is 11.3 Å². The molecular weight excluding hydrogens is 284 g/mol. The molecule has 17 heavy (non-hydrogen) atoms. The summed E-state index contributed by atoms with van der Waals surface area (Å²) in [5.74, 6) is 0.379. The van der Waals surface area contributed by atoms with Crippen LogP contribution in [0.25, 0.3) is 0 Å². The summed E-state index contributed by atoms with van der Waals surface area (Å²) < 4.78 is 7.80. The molecule has 1 aromatic heterocycles. The molecule has 96 valence electrons. The van der Waals surface area contributed by atoms with Crippen molar-refractivity contribution in [1.29, 1.82) is 0 Å². The van der Waals surface area contributed by atoms with E-state index in [2.05, 4.69) is 21.0 Å². The van der Waals surface area contributed by atoms with Gasteiger partial charge in [-0.2, -0.15) is 5.10 Å². The maximum Gasteiger partial charge on any atom is 0.0996 e. The average Bonchev–Trinajstić information content (AvgIpc) is 2.95. The fourth-order valence-corrected chi connectivity index (χ4v) is 3.05. The second-order valence-electron chi connectivity index (χ2n) is 4.58. The van der Waals surface area contributed by atoms with Crippen LogP contribution >= 0.6 is 15.9 Å². The molecule has 0 spiro atoms. The van der Waals surface area contributed by atoms with Gasteiger partial charge in [-0.05, 0) is 34.7 Å². The third kappa shape index (κ3) is 2.89. The van der Waals surface area contributed by atoms with Crippen molar-refractivity contribution < 1.29 is 9.84 Å². The second kappa shape index (κ2) is 5.98. The first-order valence-electron chi connectivity index (χ1n) is 6.12. The lowest BCUT2D eigenvalue weighted by Crippen LogP contribution is -2.17. The maximum absolute atomic E-state index is 10.4. The summed E-state index contributed by atoms with van der Waals surface area (Å²) in [6.07, 6.45) is 6.03. The molecule has 0 aromatic carbocycles. The van der Waals surface area contributed by atoms with Crippen molar-refractivity contribution in [3.8, 4) is 0 Å². The van der Waals surface area contributed by atoms with Crippen molar-refractivity contribution in [2.75, 3.05) is 13.7 Å². The molecule has 0 saturated heterocycles. The van der Waals surface area contributed by atoms with E-state index in [1.165, 1.54) is 12.8 Å². The first-order chi connectivity index (χ1) is 8.24. The molecule has 0 radical (unpaired) electrons. The van der Waals surface area contributed by atoms with Crippen molar-refractivity contribution in [3.05, 3.63) is 16.4 Å². The Kier molecular flexibility index (Phi) is 4.59. The number of rotatable bonds is 5. The van der Waals surface area contributed by atoms with E-state index in [1.54, 1.807) is 13.3 Å². The van der Waals surface area contributed by atoms with Gasteiger partial charge in [0.15, 0.2) is 0 Å². The Morgan fingerprint density at radius 2 is 2.29 bits per heavy atom. The highest BCUT2D eigenvalue weighted by atomic mass is 79.9. The highest BCUT2D eigenvalue weighted by molar-refractivity contribution is 9.10. The number of ether oxygens (including phenoxy) is 1. The normalized spacial score (nSPS) is 18.8. The van der Waals surface area contributed by atoms with Gasteiger partial charge in [0, 0.05) is 7.11 Å². The lowest BCUT2D eigenvalue weighted by atomic mass is 9.98. The Morgan fingerprint density at radius 1 is 1.59 bits per heavy atom. The van der Waals surface area contributed by atoms with Gasteiger partial charge < -0.3 is 9.84 Å². The van der Waals surface area contributed by atoms with Crippen molar-refractivity contribution in [3.63, 3.8) is 0 Å². The Morgan fingerprint density at radius 3 is 2.94 bits per heavy atom. The largest absolute Gasteiger partial charge is 0.386 e. The summed E-state index contributed by atoms with van der Waals surface area (Å²) >= 11 is 3.47. The SMILES string of the molecule is COCCn1ncc(Br)c1C(O)C1CCCC1. The summed E-state index contributed by atoms with van der Waals surface area (Å²) in [5, 5.41) is 14.7. The second-order valence-corrected chi connectivity index (χ2v) is 5.44. The fourth-order valence-electron chi connectivity index (χ4n) is 2.52. The molecule has 1 fully saturated rings. The molecule has 1 aliphatic carbocycles. The number of nitrogens with zero attached hydrogens (tertiary/aromatic N) is 2. The molecule has 2 rings (SSSR count). The number of aliphatic hydroxyl groups excluding tert-OH is 1. The topological polar surface area (TPSA) is 47.3 Å². The molecule has 0 bridgehead atoms. The van der Waals surface area contributed by atoms with E-state index in [4.69, 9.17) is 4.74 Å². The predicted molar refractivity (Wildman–Crippen MR) is 68.7 cm³/mol. The van der Waals surface area contributed by atoms with Gasteiger partial charge in [0.1, 0.15) is 0 Å². The van der Waals surface area contributed by atoms with Crippen molar-refractivity contribution in [2.45, 2.75) is 38.3 Å². The van der Waals surface area contributed by atoms with E-state index in [9.17, 15) is 5.11 Å². The number of aliphatic hydroxyl groups is 1. The lowest BCUT2D eigenvalue weighted by Gasteiger charge is -2.19. The van der Waals surface area contributed by atoms with Crippen LogP contribution in [0.3, 0.4) is 0 Å². The maximum atomic E-state index is 10.4. The zero-order valence-electron chi connectivity index (χ0n) is 10.1. The molecule has 1 heterocycles. The van der Waals surface area contributed by atoms with E-state index < -0.39 is 6.10 Å². The molecule has 1 unspecified atom stereocenters. The van der Waals surface area contributed by atoms with Gasteiger partial charge in [0.05, 0.1) is 35.6 Å². The van der Waals surface area contributed by atoms with Gasteiger partial charge in [-0.25, -0.2) is 0 Å². The van der Waals surface area contributed by atoms with Gasteiger partial charge >= 0.3 is 0 Å². The standard InChI is InChI=1S/C12H19BrN2O2/c1-17-7-6-15-11(10(13)8-14-15)12(16)9-4-2-3-5-9/h8-9,12,16H,2-7H2,1H3. The van der Waals surface area contributed by atoms with Crippen LogP contribution in [0.2, 0.25) is 0 Å². The first kappa shape index (κ1) is 13.1. The fraction of sp³-hybridized carbons (Fsp3) is 0.750. The Bertz CT molecular complexity index is 361. The molecule has 1 saturated carbocycles. The van der Waals surface area contributed by atoms with Gasteiger partial charge in [0.25, 0.3) is 0 Å². The van der Waals surface area contributed by atoms with E-state index in [-0.39, 0.29) is 0 Å². The van der Waals surface area contributed by atoms with Crippen LogP contribution < -0.4 is 0 Å². The molecule has 1 aromatic rings. The molecule has 1 N–H and O–H groups in total. The quantitative estimate of drug-likeness (QED) is 0.909. The van der Waals surface area contributed by atoms with Crippen molar-refractivity contribution in [2.24, 2.45) is 5.92 Å². The van der Waals surface area contributed by atoms with Crippen molar-refractivity contribution >= 4 is 15.9 Å². The summed E-state index contributed by atoms with van der Waals surface area (Å²) in [5.41, 5.74) is 0.897. The molecular formula is C12H19BrN2O2. The Labute approximate surface area is 110 Å². The number of methoxy groups -OCH3 is 1. The van der Waals surface area contributed by atoms with Crippen molar-refractivity contribution in [1.82, 2.24) is 9.78 Å². The van der Waals surface area contributed by atoms with Crippen LogP contribution in [-0.4, -0.2) is 28.6 Å². The van der Waals surface area contributed by atoms with E-state index >= 15 is 0 Å². The monoisotopic (exact) mass is 302 g/mol. The lowest BCUT2D eigenvalue weighted by molar-refractivity contribution is 0.0979. The van der Waals surface area contributed by atoms with Gasteiger partial charge in [-0.1, -0.05) is 12.8 Å². The van der Waals surface area contributed by atoms with Gasteiger partial charge in [-0.15, -0.1) is 0 Å². The Balaban J connectivity index is 2.14. The third-order valence-corrected chi connectivity index (χ3v) is 4.08. The predicted octanol–water partition coefficient (Wildman–Crippen LogP) is 2.52. The van der Waals surface area contributed by atoms with Gasteiger partial charge in [-0.3, -0.25) is 4.68 Å². The highest BCUT2D eigenvalue weighted by Gasteiger charge is 2.28. The first-order valence-corrected chi connectivity index (χ1v) is 6.91. The van der Waals surface area contributed by atoms with Crippen LogP contribution in [0.4, 0.5) is 0 Å². The molecule has 0 amide bonds. The van der Waals surface area contributed by atoms with Crippen LogP contribution in [0, 0.1) is 5.92 Å². The smallest absolute Gasteiger partial charge is 0.0996 e. The minimum absolute atomic E-state index is 0.379. The van der Waals surface area contributed by atoms with Crippen LogP contribution in [0.1, 0.15) is 37.5 Å². The number of halogens is 1. The Hall–Kier alpha value is -0.390. The average molecular weight is 303 g/mol. The summed E-state index contributed by atoms with van der Waals surface area (Å²) in [4.78, 5) is 0. The number of aromatic nitrogens is 2. The molecule has 4 nitrogen and oxygen atoms in total. The van der Waals surface area contributed by atoms with E-state index in [0.717, 1.165) is 23.0 Å². The number of hydrogen-bond acceptors (Lipinski definition) is 3. The molecule has 1 atom stereocenters. The molecule has 0 aliphatic heterocycles.